The normalized spacial score (nSPS) is 10.9. The van der Waals surface area contributed by atoms with E-state index in [2.05, 4.69) is 25.0 Å². The lowest BCUT2D eigenvalue weighted by Crippen LogP contribution is -2.17. The van der Waals surface area contributed by atoms with E-state index < -0.39 is 21.9 Å². The Kier molecular flexibility index (Phi) is 6.28. The van der Waals surface area contributed by atoms with Gasteiger partial charge >= 0.3 is 5.97 Å². The number of benzene rings is 2. The fraction of sp³-hybridized carbons (Fsp3) is 0.0526. The van der Waals surface area contributed by atoms with Gasteiger partial charge in [-0.15, -0.1) is 10.2 Å². The topological polar surface area (TPSA) is 127 Å². The van der Waals surface area contributed by atoms with Crippen molar-refractivity contribution in [2.24, 2.45) is 0 Å². The zero-order valence-corrected chi connectivity index (χ0v) is 17.1. The SMILES string of the molecule is COC(=O)c1ccccc1C(=O)Nc1ccc(S(=O)(=O)Nc2ccc(Cl)nn2)cc1. The van der Waals surface area contributed by atoms with E-state index in [1.165, 1.54) is 55.6 Å². The Labute approximate surface area is 177 Å². The first kappa shape index (κ1) is 21.2. The van der Waals surface area contributed by atoms with Crippen molar-refractivity contribution in [3.05, 3.63) is 76.9 Å². The van der Waals surface area contributed by atoms with Crippen molar-refractivity contribution in [2.45, 2.75) is 4.90 Å². The minimum atomic E-state index is -3.91. The Morgan fingerprint density at radius 3 is 2.20 bits per heavy atom. The zero-order valence-electron chi connectivity index (χ0n) is 15.5. The van der Waals surface area contributed by atoms with Crippen molar-refractivity contribution < 1.29 is 22.7 Å². The molecule has 2 aromatic carbocycles. The molecule has 0 aliphatic carbocycles. The Bertz CT molecular complexity index is 1180. The van der Waals surface area contributed by atoms with Crippen molar-refractivity contribution >= 4 is 45.0 Å². The number of amides is 1. The molecule has 1 aromatic heterocycles. The minimum Gasteiger partial charge on any atom is -0.465 e. The molecule has 30 heavy (non-hydrogen) atoms. The number of sulfonamides is 1. The summed E-state index contributed by atoms with van der Waals surface area (Å²) in [6, 6.07) is 14.4. The maximum absolute atomic E-state index is 12.5. The third-order valence-electron chi connectivity index (χ3n) is 3.87. The highest BCUT2D eigenvalue weighted by Gasteiger charge is 2.18. The molecular formula is C19H15ClN4O5S. The van der Waals surface area contributed by atoms with Crippen molar-refractivity contribution in [1.29, 1.82) is 0 Å². The predicted molar refractivity (Wildman–Crippen MR) is 110 cm³/mol. The molecule has 0 saturated heterocycles. The van der Waals surface area contributed by atoms with E-state index >= 15 is 0 Å². The maximum Gasteiger partial charge on any atom is 0.338 e. The van der Waals surface area contributed by atoms with Gasteiger partial charge in [0.2, 0.25) is 0 Å². The van der Waals surface area contributed by atoms with Crippen LogP contribution in [0.4, 0.5) is 11.5 Å². The van der Waals surface area contributed by atoms with Gasteiger partial charge < -0.3 is 10.1 Å². The van der Waals surface area contributed by atoms with Crippen LogP contribution in [-0.2, 0) is 14.8 Å². The molecule has 0 fully saturated rings. The van der Waals surface area contributed by atoms with Crippen molar-refractivity contribution in [3.8, 4) is 0 Å². The van der Waals surface area contributed by atoms with Crippen LogP contribution in [0.5, 0.6) is 0 Å². The summed E-state index contributed by atoms with van der Waals surface area (Å²) in [5.74, 6) is -1.17. The number of halogens is 1. The van der Waals surface area contributed by atoms with Crippen molar-refractivity contribution in [1.82, 2.24) is 10.2 Å². The third kappa shape index (κ3) is 4.91. The smallest absolute Gasteiger partial charge is 0.338 e. The molecule has 0 radical (unpaired) electrons. The summed E-state index contributed by atoms with van der Waals surface area (Å²) in [7, 11) is -2.69. The zero-order chi connectivity index (χ0) is 21.7. The van der Waals surface area contributed by atoms with E-state index in [0.717, 1.165) is 0 Å². The first-order valence-electron chi connectivity index (χ1n) is 8.41. The Balaban J connectivity index is 1.75. The van der Waals surface area contributed by atoms with E-state index in [4.69, 9.17) is 11.6 Å². The molecule has 3 rings (SSSR count). The summed E-state index contributed by atoms with van der Waals surface area (Å²) in [4.78, 5) is 24.3. The number of carbonyl (C=O) groups excluding carboxylic acids is 2. The van der Waals surface area contributed by atoms with Gasteiger partial charge in [0.1, 0.15) is 0 Å². The van der Waals surface area contributed by atoms with E-state index in [-0.39, 0.29) is 27.0 Å². The molecule has 154 valence electrons. The number of methoxy groups -OCH3 is 1. The molecule has 0 aliphatic heterocycles. The lowest BCUT2D eigenvalue weighted by molar-refractivity contribution is 0.0597. The fourth-order valence-electron chi connectivity index (χ4n) is 2.45. The monoisotopic (exact) mass is 446 g/mol. The number of rotatable bonds is 6. The molecule has 2 N–H and O–H groups in total. The third-order valence-corrected chi connectivity index (χ3v) is 5.44. The number of nitrogens with one attached hydrogen (secondary N) is 2. The van der Waals surface area contributed by atoms with Crippen LogP contribution < -0.4 is 10.0 Å². The highest BCUT2D eigenvalue weighted by Crippen LogP contribution is 2.19. The average molecular weight is 447 g/mol. The summed E-state index contributed by atoms with van der Waals surface area (Å²) in [5, 5.41) is 9.95. The van der Waals surface area contributed by atoms with E-state index in [1.54, 1.807) is 12.1 Å². The van der Waals surface area contributed by atoms with Crippen LogP contribution in [0.1, 0.15) is 20.7 Å². The highest BCUT2D eigenvalue weighted by atomic mass is 35.5. The summed E-state index contributed by atoms with van der Waals surface area (Å²) < 4.78 is 31.8. The van der Waals surface area contributed by atoms with Gasteiger partial charge in [-0.2, -0.15) is 0 Å². The second-order valence-electron chi connectivity index (χ2n) is 5.86. The second-order valence-corrected chi connectivity index (χ2v) is 7.93. The molecule has 1 amide bonds. The van der Waals surface area contributed by atoms with Crippen molar-refractivity contribution in [3.63, 3.8) is 0 Å². The largest absolute Gasteiger partial charge is 0.465 e. The van der Waals surface area contributed by atoms with Crippen LogP contribution in [0, 0.1) is 0 Å². The molecule has 0 aliphatic rings. The molecule has 0 unspecified atom stereocenters. The first-order valence-corrected chi connectivity index (χ1v) is 10.3. The molecule has 0 saturated carbocycles. The van der Waals surface area contributed by atoms with E-state index in [1.807, 2.05) is 0 Å². The van der Waals surface area contributed by atoms with Gasteiger partial charge in [0.05, 0.1) is 23.1 Å². The number of anilines is 2. The standard InChI is InChI=1S/C19H15ClN4O5S/c1-29-19(26)15-5-3-2-4-14(15)18(25)21-12-6-8-13(9-7-12)30(27,28)24-17-11-10-16(20)22-23-17/h2-11H,1H3,(H,21,25)(H,23,24). The highest BCUT2D eigenvalue weighted by molar-refractivity contribution is 7.92. The average Bonchev–Trinajstić information content (AvgIpc) is 2.75. The molecule has 0 spiro atoms. The molecule has 0 bridgehead atoms. The molecular weight excluding hydrogens is 432 g/mol. The molecule has 9 nitrogen and oxygen atoms in total. The van der Waals surface area contributed by atoms with Gasteiger partial charge in [-0.25, -0.2) is 13.2 Å². The van der Waals surface area contributed by atoms with Crippen LogP contribution in [-0.4, -0.2) is 37.6 Å². The van der Waals surface area contributed by atoms with E-state index in [9.17, 15) is 18.0 Å². The second kappa shape index (κ2) is 8.89. The predicted octanol–water partition coefficient (Wildman–Crippen LogP) is 2.97. The Hall–Kier alpha value is -3.50. The van der Waals surface area contributed by atoms with Gasteiger partial charge in [-0.3, -0.25) is 9.52 Å². The number of esters is 1. The summed E-state index contributed by atoms with van der Waals surface area (Å²) in [6.07, 6.45) is 0. The fourth-order valence-corrected chi connectivity index (χ4v) is 3.55. The van der Waals surface area contributed by atoms with Gasteiger partial charge in [-0.05, 0) is 48.5 Å². The molecule has 11 heteroatoms. The van der Waals surface area contributed by atoms with Gasteiger partial charge in [0.25, 0.3) is 15.9 Å². The van der Waals surface area contributed by atoms with Gasteiger partial charge in [0.15, 0.2) is 11.0 Å². The van der Waals surface area contributed by atoms with Gasteiger partial charge in [-0.1, -0.05) is 23.7 Å². The first-order chi connectivity index (χ1) is 14.3. The summed E-state index contributed by atoms with van der Waals surface area (Å²) >= 11 is 5.63. The molecule has 0 atom stereocenters. The number of aromatic nitrogens is 2. The number of nitrogens with zero attached hydrogens (tertiary/aromatic N) is 2. The van der Waals surface area contributed by atoms with Crippen LogP contribution in [0.15, 0.2) is 65.6 Å². The number of hydrogen-bond acceptors (Lipinski definition) is 7. The Morgan fingerprint density at radius 2 is 1.60 bits per heavy atom. The number of ether oxygens (including phenoxy) is 1. The maximum atomic E-state index is 12.5. The molecule has 3 aromatic rings. The van der Waals surface area contributed by atoms with Crippen molar-refractivity contribution in [2.75, 3.05) is 17.1 Å². The van der Waals surface area contributed by atoms with E-state index in [0.29, 0.717) is 5.69 Å². The van der Waals surface area contributed by atoms with Crippen LogP contribution in [0.25, 0.3) is 0 Å². The van der Waals surface area contributed by atoms with Crippen LogP contribution >= 0.6 is 11.6 Å². The Morgan fingerprint density at radius 1 is 0.933 bits per heavy atom. The number of hydrogen-bond donors (Lipinski definition) is 2. The summed E-state index contributed by atoms with van der Waals surface area (Å²) in [6.45, 7) is 0. The quantitative estimate of drug-likeness (QED) is 0.557. The molecule has 1 heterocycles. The lowest BCUT2D eigenvalue weighted by Gasteiger charge is -2.10. The van der Waals surface area contributed by atoms with Gasteiger partial charge in [0, 0.05) is 5.69 Å². The minimum absolute atomic E-state index is 0.0104. The number of carbonyl (C=O) groups is 2. The summed E-state index contributed by atoms with van der Waals surface area (Å²) in [5.41, 5.74) is 0.582. The lowest BCUT2D eigenvalue weighted by atomic mass is 10.1. The van der Waals surface area contributed by atoms with Crippen LogP contribution in [0.2, 0.25) is 5.15 Å². The van der Waals surface area contributed by atoms with Crippen LogP contribution in [0.3, 0.4) is 0 Å².